The van der Waals surface area contributed by atoms with Gasteiger partial charge in [0.05, 0.1) is 12.5 Å². The van der Waals surface area contributed by atoms with E-state index in [1.807, 2.05) is 43.0 Å². The third-order valence-corrected chi connectivity index (χ3v) is 4.50. The SMILES string of the molecule is COc1ccccc1C(C)(C)C(=O)N1CCC(C(N)=O)CC1. The molecule has 1 aliphatic rings. The highest BCUT2D eigenvalue weighted by Crippen LogP contribution is 2.34. The molecule has 1 heterocycles. The number of nitrogens with zero attached hydrogens (tertiary/aromatic N) is 1. The number of para-hydroxylation sites is 1. The Labute approximate surface area is 131 Å². The molecular formula is C17H24N2O3. The molecule has 0 aliphatic carbocycles. The van der Waals surface area contributed by atoms with Gasteiger partial charge in [-0.1, -0.05) is 18.2 Å². The van der Waals surface area contributed by atoms with Gasteiger partial charge in [-0.05, 0) is 32.8 Å². The van der Waals surface area contributed by atoms with E-state index < -0.39 is 5.41 Å². The molecule has 0 spiro atoms. The summed E-state index contributed by atoms with van der Waals surface area (Å²) < 4.78 is 5.39. The first kappa shape index (κ1) is 16.3. The molecule has 0 atom stereocenters. The number of ether oxygens (including phenoxy) is 1. The predicted molar refractivity (Wildman–Crippen MR) is 84.5 cm³/mol. The molecule has 2 N–H and O–H groups in total. The molecule has 0 bridgehead atoms. The van der Waals surface area contributed by atoms with Crippen LogP contribution < -0.4 is 10.5 Å². The zero-order chi connectivity index (χ0) is 16.3. The number of benzene rings is 1. The topological polar surface area (TPSA) is 72.6 Å². The van der Waals surface area contributed by atoms with E-state index >= 15 is 0 Å². The Hall–Kier alpha value is -2.04. The van der Waals surface area contributed by atoms with Gasteiger partial charge in [0, 0.05) is 24.6 Å². The molecule has 0 unspecified atom stereocenters. The van der Waals surface area contributed by atoms with Gasteiger partial charge in [-0.15, -0.1) is 0 Å². The van der Waals surface area contributed by atoms with Crippen molar-refractivity contribution in [3.63, 3.8) is 0 Å². The van der Waals surface area contributed by atoms with Gasteiger partial charge in [0.25, 0.3) is 0 Å². The van der Waals surface area contributed by atoms with Crippen LogP contribution >= 0.6 is 0 Å². The summed E-state index contributed by atoms with van der Waals surface area (Å²) in [6, 6.07) is 7.59. The van der Waals surface area contributed by atoms with Crippen molar-refractivity contribution in [3.05, 3.63) is 29.8 Å². The number of hydrogen-bond donors (Lipinski definition) is 1. The van der Waals surface area contributed by atoms with Crippen molar-refractivity contribution in [2.75, 3.05) is 20.2 Å². The molecule has 1 saturated heterocycles. The highest BCUT2D eigenvalue weighted by Gasteiger charge is 2.37. The van der Waals surface area contributed by atoms with Crippen molar-refractivity contribution < 1.29 is 14.3 Å². The minimum absolute atomic E-state index is 0.0555. The molecule has 2 amide bonds. The lowest BCUT2D eigenvalue weighted by atomic mass is 9.81. The summed E-state index contributed by atoms with van der Waals surface area (Å²) >= 11 is 0. The Morgan fingerprint density at radius 3 is 2.36 bits per heavy atom. The van der Waals surface area contributed by atoms with Crippen LogP contribution in [0.5, 0.6) is 5.75 Å². The minimum Gasteiger partial charge on any atom is -0.496 e. The molecule has 5 nitrogen and oxygen atoms in total. The fourth-order valence-corrected chi connectivity index (χ4v) is 3.04. The second-order valence-corrected chi connectivity index (χ2v) is 6.29. The molecule has 120 valence electrons. The van der Waals surface area contributed by atoms with E-state index in [-0.39, 0.29) is 17.7 Å². The van der Waals surface area contributed by atoms with Gasteiger partial charge < -0.3 is 15.4 Å². The molecule has 1 aliphatic heterocycles. The van der Waals surface area contributed by atoms with Gasteiger partial charge >= 0.3 is 0 Å². The van der Waals surface area contributed by atoms with E-state index in [1.54, 1.807) is 7.11 Å². The summed E-state index contributed by atoms with van der Waals surface area (Å²) in [5, 5.41) is 0. The normalized spacial score (nSPS) is 16.4. The molecule has 1 fully saturated rings. The number of piperidine rings is 1. The second-order valence-electron chi connectivity index (χ2n) is 6.29. The first-order valence-corrected chi connectivity index (χ1v) is 7.60. The zero-order valence-electron chi connectivity index (χ0n) is 13.5. The van der Waals surface area contributed by atoms with Crippen LogP contribution in [0.3, 0.4) is 0 Å². The van der Waals surface area contributed by atoms with E-state index in [9.17, 15) is 9.59 Å². The Morgan fingerprint density at radius 1 is 1.23 bits per heavy atom. The lowest BCUT2D eigenvalue weighted by molar-refractivity contribution is -0.139. The molecule has 22 heavy (non-hydrogen) atoms. The second kappa shape index (κ2) is 6.38. The Morgan fingerprint density at radius 2 is 1.82 bits per heavy atom. The number of hydrogen-bond acceptors (Lipinski definition) is 3. The smallest absolute Gasteiger partial charge is 0.232 e. The predicted octanol–water partition coefficient (Wildman–Crippen LogP) is 1.70. The number of methoxy groups -OCH3 is 1. The Kier molecular flexibility index (Phi) is 4.74. The first-order valence-electron chi connectivity index (χ1n) is 7.60. The van der Waals surface area contributed by atoms with Crippen LogP contribution in [0.4, 0.5) is 0 Å². The maximum Gasteiger partial charge on any atom is 0.232 e. The van der Waals surface area contributed by atoms with Gasteiger partial charge in [0.15, 0.2) is 0 Å². The van der Waals surface area contributed by atoms with Crippen molar-refractivity contribution in [1.82, 2.24) is 4.90 Å². The molecule has 1 aromatic carbocycles. The number of primary amides is 1. The van der Waals surface area contributed by atoms with Crippen LogP contribution in [-0.4, -0.2) is 36.9 Å². The summed E-state index contributed by atoms with van der Waals surface area (Å²) in [6.07, 6.45) is 1.28. The van der Waals surface area contributed by atoms with Gasteiger partial charge in [-0.3, -0.25) is 9.59 Å². The van der Waals surface area contributed by atoms with Gasteiger partial charge in [-0.25, -0.2) is 0 Å². The fourth-order valence-electron chi connectivity index (χ4n) is 3.04. The molecule has 1 aromatic rings. The van der Waals surface area contributed by atoms with Crippen LogP contribution in [0.25, 0.3) is 0 Å². The van der Waals surface area contributed by atoms with Crippen LogP contribution in [-0.2, 0) is 15.0 Å². The molecule has 0 radical (unpaired) electrons. The number of carbonyl (C=O) groups is 2. The lowest BCUT2D eigenvalue weighted by Gasteiger charge is -2.36. The number of rotatable bonds is 4. The summed E-state index contributed by atoms with van der Waals surface area (Å²) in [4.78, 5) is 26.0. The molecule has 2 rings (SSSR count). The number of nitrogens with two attached hydrogens (primary N) is 1. The average molecular weight is 304 g/mol. The van der Waals surface area contributed by atoms with Crippen LogP contribution in [0.1, 0.15) is 32.3 Å². The quantitative estimate of drug-likeness (QED) is 0.920. The third kappa shape index (κ3) is 3.08. The van der Waals surface area contributed by atoms with Crippen molar-refractivity contribution in [2.45, 2.75) is 32.1 Å². The van der Waals surface area contributed by atoms with Crippen LogP contribution in [0.15, 0.2) is 24.3 Å². The van der Waals surface area contributed by atoms with E-state index in [0.29, 0.717) is 31.7 Å². The Bertz CT molecular complexity index is 561. The van der Waals surface area contributed by atoms with Crippen LogP contribution in [0.2, 0.25) is 0 Å². The van der Waals surface area contributed by atoms with E-state index in [1.165, 1.54) is 0 Å². The molecule has 0 saturated carbocycles. The summed E-state index contributed by atoms with van der Waals surface area (Å²) in [6.45, 7) is 4.97. The number of likely N-dealkylation sites (tertiary alicyclic amines) is 1. The summed E-state index contributed by atoms with van der Waals surface area (Å²) in [5.41, 5.74) is 5.54. The molecular weight excluding hydrogens is 280 g/mol. The van der Waals surface area contributed by atoms with Crippen molar-refractivity contribution >= 4 is 11.8 Å². The highest BCUT2D eigenvalue weighted by molar-refractivity contribution is 5.88. The first-order chi connectivity index (χ1) is 10.4. The lowest BCUT2D eigenvalue weighted by Crippen LogP contribution is -2.48. The summed E-state index contributed by atoms with van der Waals surface area (Å²) in [7, 11) is 1.61. The standard InChI is InChI=1S/C17H24N2O3/c1-17(2,13-6-4-5-7-14(13)22-3)16(21)19-10-8-12(9-11-19)15(18)20/h4-7,12H,8-11H2,1-3H3,(H2,18,20). The number of amides is 2. The molecule has 0 aromatic heterocycles. The number of carbonyl (C=O) groups excluding carboxylic acids is 2. The maximum absolute atomic E-state index is 12.9. The monoisotopic (exact) mass is 304 g/mol. The average Bonchev–Trinajstić information content (AvgIpc) is 2.54. The summed E-state index contributed by atoms with van der Waals surface area (Å²) in [5.74, 6) is 0.391. The van der Waals surface area contributed by atoms with Gasteiger partial charge in [0.1, 0.15) is 5.75 Å². The largest absolute Gasteiger partial charge is 0.496 e. The Balaban J connectivity index is 2.16. The fraction of sp³-hybridized carbons (Fsp3) is 0.529. The zero-order valence-corrected chi connectivity index (χ0v) is 13.5. The third-order valence-electron chi connectivity index (χ3n) is 4.50. The van der Waals surface area contributed by atoms with Crippen LogP contribution in [0, 0.1) is 5.92 Å². The van der Waals surface area contributed by atoms with Crippen molar-refractivity contribution in [2.24, 2.45) is 11.7 Å². The van der Waals surface area contributed by atoms with Gasteiger partial charge in [-0.2, -0.15) is 0 Å². The van der Waals surface area contributed by atoms with E-state index in [0.717, 1.165) is 5.56 Å². The highest BCUT2D eigenvalue weighted by atomic mass is 16.5. The maximum atomic E-state index is 12.9. The van der Waals surface area contributed by atoms with Crippen molar-refractivity contribution in [1.29, 1.82) is 0 Å². The molecule has 5 heteroatoms. The van der Waals surface area contributed by atoms with Gasteiger partial charge in [0.2, 0.25) is 11.8 Å². The van der Waals surface area contributed by atoms with Crippen molar-refractivity contribution in [3.8, 4) is 5.75 Å². The minimum atomic E-state index is -0.674. The van der Waals surface area contributed by atoms with E-state index in [4.69, 9.17) is 10.5 Å². The van der Waals surface area contributed by atoms with E-state index in [2.05, 4.69) is 0 Å².